The number of nitrogens with zero attached hydrogens (tertiary/aromatic N) is 4. The molecule has 4 aromatic rings. The van der Waals surface area contributed by atoms with Crippen LogP contribution in [0.3, 0.4) is 0 Å². The van der Waals surface area contributed by atoms with Gasteiger partial charge in [-0.25, -0.2) is 0 Å². The SMILES string of the molecule is O=C(Nc1cccc(-c2ccc3nnc(-c4cccs4)n3n2)c1)C(F)(F)F. The molecular weight excluding hydrogens is 379 g/mol. The molecule has 0 fully saturated rings. The number of fused-ring (bicyclic) bond motifs is 1. The Morgan fingerprint density at radius 3 is 2.67 bits per heavy atom. The van der Waals surface area contributed by atoms with Gasteiger partial charge in [-0.15, -0.1) is 21.5 Å². The summed E-state index contributed by atoms with van der Waals surface area (Å²) in [5.74, 6) is -1.45. The van der Waals surface area contributed by atoms with Gasteiger partial charge in [-0.3, -0.25) is 4.79 Å². The highest BCUT2D eigenvalue weighted by Gasteiger charge is 2.38. The van der Waals surface area contributed by atoms with Gasteiger partial charge in [0.05, 0.1) is 10.6 Å². The maximum absolute atomic E-state index is 12.4. The van der Waals surface area contributed by atoms with E-state index in [9.17, 15) is 18.0 Å². The van der Waals surface area contributed by atoms with Crippen LogP contribution in [0.15, 0.2) is 53.9 Å². The molecular formula is C17H10F3N5OS. The van der Waals surface area contributed by atoms with Crippen molar-refractivity contribution >= 4 is 28.6 Å². The van der Waals surface area contributed by atoms with E-state index >= 15 is 0 Å². The number of thiophene rings is 1. The maximum atomic E-state index is 12.4. The Bertz CT molecular complexity index is 1120. The third kappa shape index (κ3) is 3.38. The van der Waals surface area contributed by atoms with Gasteiger partial charge in [0.1, 0.15) is 0 Å². The summed E-state index contributed by atoms with van der Waals surface area (Å²) < 4.78 is 38.9. The second-order valence-electron chi connectivity index (χ2n) is 5.52. The first kappa shape index (κ1) is 17.2. The molecule has 1 amide bonds. The van der Waals surface area contributed by atoms with Crippen LogP contribution in [-0.4, -0.2) is 31.9 Å². The van der Waals surface area contributed by atoms with Crippen LogP contribution in [-0.2, 0) is 4.79 Å². The lowest BCUT2D eigenvalue weighted by atomic mass is 10.1. The number of benzene rings is 1. The van der Waals surface area contributed by atoms with Gasteiger partial charge in [-0.1, -0.05) is 18.2 Å². The summed E-state index contributed by atoms with van der Waals surface area (Å²) in [5.41, 5.74) is 1.62. The Kier molecular flexibility index (Phi) is 4.11. The van der Waals surface area contributed by atoms with Gasteiger partial charge < -0.3 is 5.32 Å². The number of hydrogen-bond acceptors (Lipinski definition) is 5. The van der Waals surface area contributed by atoms with Gasteiger partial charge >= 0.3 is 12.1 Å². The summed E-state index contributed by atoms with van der Waals surface area (Å²) in [4.78, 5) is 12.0. The first-order chi connectivity index (χ1) is 12.9. The summed E-state index contributed by atoms with van der Waals surface area (Å²) in [6.45, 7) is 0. The van der Waals surface area contributed by atoms with E-state index in [4.69, 9.17) is 0 Å². The molecule has 0 aliphatic heterocycles. The van der Waals surface area contributed by atoms with E-state index in [0.29, 0.717) is 22.7 Å². The summed E-state index contributed by atoms with van der Waals surface area (Å²) in [6.07, 6.45) is -4.95. The zero-order chi connectivity index (χ0) is 19.0. The third-order valence-corrected chi connectivity index (χ3v) is 4.54. The van der Waals surface area contributed by atoms with Gasteiger partial charge in [0, 0.05) is 11.3 Å². The molecule has 0 aliphatic carbocycles. The normalized spacial score (nSPS) is 11.7. The Hall–Kier alpha value is -3.27. The van der Waals surface area contributed by atoms with Crippen molar-refractivity contribution in [2.24, 2.45) is 0 Å². The molecule has 0 saturated heterocycles. The van der Waals surface area contributed by atoms with Crippen LogP contribution in [0.2, 0.25) is 0 Å². The van der Waals surface area contributed by atoms with E-state index in [0.717, 1.165) is 4.88 Å². The van der Waals surface area contributed by atoms with E-state index in [-0.39, 0.29) is 5.69 Å². The molecule has 27 heavy (non-hydrogen) atoms. The lowest BCUT2D eigenvalue weighted by molar-refractivity contribution is -0.167. The first-order valence-electron chi connectivity index (χ1n) is 7.67. The molecule has 4 rings (SSSR count). The molecule has 0 atom stereocenters. The standard InChI is InChI=1S/C17H10F3N5OS/c18-17(19,20)16(26)21-11-4-1-3-10(9-11)12-6-7-14-22-23-15(25(14)24-12)13-5-2-8-27-13/h1-9H,(H,21,26). The van der Waals surface area contributed by atoms with Crippen LogP contribution in [0.4, 0.5) is 18.9 Å². The minimum atomic E-state index is -4.95. The zero-order valence-electron chi connectivity index (χ0n) is 13.4. The Labute approximate surface area is 154 Å². The molecule has 0 bridgehead atoms. The number of anilines is 1. The van der Waals surface area contributed by atoms with E-state index in [2.05, 4.69) is 15.3 Å². The number of rotatable bonds is 3. The molecule has 1 aromatic carbocycles. The molecule has 0 saturated carbocycles. The summed E-state index contributed by atoms with van der Waals surface area (Å²) >= 11 is 1.49. The van der Waals surface area contributed by atoms with Crippen molar-refractivity contribution < 1.29 is 18.0 Å². The summed E-state index contributed by atoms with van der Waals surface area (Å²) in [7, 11) is 0. The highest BCUT2D eigenvalue weighted by Crippen LogP contribution is 2.26. The van der Waals surface area contributed by atoms with Crippen molar-refractivity contribution in [3.63, 3.8) is 0 Å². The number of carbonyl (C=O) groups is 1. The van der Waals surface area contributed by atoms with Crippen molar-refractivity contribution in [3.8, 4) is 22.0 Å². The van der Waals surface area contributed by atoms with E-state index < -0.39 is 12.1 Å². The van der Waals surface area contributed by atoms with Gasteiger partial charge in [-0.2, -0.15) is 22.8 Å². The monoisotopic (exact) mass is 389 g/mol. The van der Waals surface area contributed by atoms with E-state index in [1.54, 1.807) is 28.8 Å². The first-order valence-corrected chi connectivity index (χ1v) is 8.55. The molecule has 0 spiro atoms. The molecule has 136 valence electrons. The number of alkyl halides is 3. The van der Waals surface area contributed by atoms with Gasteiger partial charge in [0.15, 0.2) is 11.5 Å². The highest BCUT2D eigenvalue weighted by atomic mass is 32.1. The van der Waals surface area contributed by atoms with Gasteiger partial charge in [-0.05, 0) is 35.7 Å². The maximum Gasteiger partial charge on any atom is 0.471 e. The van der Waals surface area contributed by atoms with Crippen LogP contribution < -0.4 is 5.32 Å². The number of aromatic nitrogens is 4. The Balaban J connectivity index is 1.71. The minimum Gasteiger partial charge on any atom is -0.318 e. The molecule has 0 unspecified atom stereocenters. The fraction of sp³-hybridized carbons (Fsp3) is 0.0588. The van der Waals surface area contributed by atoms with E-state index in [1.807, 2.05) is 22.8 Å². The number of halogens is 3. The number of amides is 1. The number of carbonyl (C=O) groups excluding carboxylic acids is 1. The average Bonchev–Trinajstić information content (AvgIpc) is 3.30. The lowest BCUT2D eigenvalue weighted by Crippen LogP contribution is -2.29. The molecule has 6 nitrogen and oxygen atoms in total. The second-order valence-corrected chi connectivity index (χ2v) is 6.47. The predicted octanol–water partition coefficient (Wildman–Crippen LogP) is 4.02. The minimum absolute atomic E-state index is 0.0268. The fourth-order valence-electron chi connectivity index (χ4n) is 2.46. The predicted molar refractivity (Wildman–Crippen MR) is 94.2 cm³/mol. The van der Waals surface area contributed by atoms with Crippen molar-refractivity contribution in [2.45, 2.75) is 6.18 Å². The zero-order valence-corrected chi connectivity index (χ0v) is 14.3. The molecule has 1 N–H and O–H groups in total. The average molecular weight is 389 g/mol. The van der Waals surface area contributed by atoms with Gasteiger partial charge in [0.25, 0.3) is 0 Å². The Morgan fingerprint density at radius 2 is 1.93 bits per heavy atom. The smallest absolute Gasteiger partial charge is 0.318 e. The number of nitrogens with one attached hydrogen (secondary N) is 1. The van der Waals surface area contributed by atoms with E-state index in [1.165, 1.54) is 23.5 Å². The van der Waals surface area contributed by atoms with Crippen LogP contribution in [0.25, 0.3) is 27.6 Å². The van der Waals surface area contributed by atoms with Gasteiger partial charge in [0.2, 0.25) is 0 Å². The summed E-state index contributed by atoms with van der Waals surface area (Å²) in [6, 6.07) is 13.2. The molecule has 10 heteroatoms. The van der Waals surface area contributed by atoms with Crippen LogP contribution >= 0.6 is 11.3 Å². The molecule has 0 aliphatic rings. The molecule has 3 heterocycles. The third-order valence-electron chi connectivity index (χ3n) is 3.68. The molecule has 0 radical (unpaired) electrons. The van der Waals surface area contributed by atoms with Crippen molar-refractivity contribution in [1.82, 2.24) is 19.8 Å². The van der Waals surface area contributed by atoms with Crippen molar-refractivity contribution in [2.75, 3.05) is 5.32 Å². The molecule has 3 aromatic heterocycles. The van der Waals surface area contributed by atoms with Crippen molar-refractivity contribution in [3.05, 3.63) is 53.9 Å². The van der Waals surface area contributed by atoms with Crippen LogP contribution in [0, 0.1) is 0 Å². The lowest BCUT2D eigenvalue weighted by Gasteiger charge is -2.09. The van der Waals surface area contributed by atoms with Crippen molar-refractivity contribution in [1.29, 1.82) is 0 Å². The second kappa shape index (κ2) is 6.47. The van der Waals surface area contributed by atoms with Crippen LogP contribution in [0.1, 0.15) is 0 Å². The quantitative estimate of drug-likeness (QED) is 0.574. The highest BCUT2D eigenvalue weighted by molar-refractivity contribution is 7.13. The fourth-order valence-corrected chi connectivity index (χ4v) is 3.15. The van der Waals surface area contributed by atoms with Crippen LogP contribution in [0.5, 0.6) is 0 Å². The Morgan fingerprint density at radius 1 is 1.07 bits per heavy atom. The summed E-state index contributed by atoms with van der Waals surface area (Å²) in [5, 5.41) is 16.4. The topological polar surface area (TPSA) is 72.2 Å². The largest absolute Gasteiger partial charge is 0.471 e. The number of hydrogen-bond donors (Lipinski definition) is 1.